The van der Waals surface area contributed by atoms with E-state index in [9.17, 15) is 18.0 Å². The highest BCUT2D eigenvalue weighted by molar-refractivity contribution is 7.92. The van der Waals surface area contributed by atoms with E-state index in [0.29, 0.717) is 27.1 Å². The summed E-state index contributed by atoms with van der Waals surface area (Å²) in [5.41, 5.74) is 1.55. The highest BCUT2D eigenvalue weighted by atomic mass is 35.5. The Morgan fingerprint density at radius 2 is 1.51 bits per heavy atom. The Balaban J connectivity index is 2.10. The molecule has 0 spiro atoms. The zero-order valence-electron chi connectivity index (χ0n) is 23.4. The number of carbonyl (C=O) groups excluding carboxylic acids is 2. The van der Waals surface area contributed by atoms with Crippen molar-refractivity contribution in [2.24, 2.45) is 0 Å². The minimum absolute atomic E-state index is 0.0122. The average Bonchev–Trinajstić information content (AvgIpc) is 2.93. The molecule has 2 amide bonds. The maximum Gasteiger partial charge on any atom is 0.264 e. The van der Waals surface area contributed by atoms with Crippen LogP contribution in [0.2, 0.25) is 15.1 Å². The molecule has 41 heavy (non-hydrogen) atoms. The predicted molar refractivity (Wildman–Crippen MR) is 166 cm³/mol. The molecule has 3 aromatic rings. The molecule has 0 aromatic heterocycles. The molecule has 0 radical (unpaired) electrons. The number of halogens is 3. The molecule has 0 heterocycles. The highest BCUT2D eigenvalue weighted by Gasteiger charge is 2.34. The van der Waals surface area contributed by atoms with E-state index >= 15 is 0 Å². The van der Waals surface area contributed by atoms with Gasteiger partial charge in [0.15, 0.2) is 0 Å². The fourth-order valence-electron chi connectivity index (χ4n) is 4.21. The lowest BCUT2D eigenvalue weighted by Crippen LogP contribution is -2.53. The molecule has 220 valence electrons. The number of benzene rings is 3. The van der Waals surface area contributed by atoms with Gasteiger partial charge in [-0.15, -0.1) is 0 Å². The third-order valence-electron chi connectivity index (χ3n) is 6.76. The molecule has 2 unspecified atom stereocenters. The molecule has 0 saturated heterocycles. The van der Waals surface area contributed by atoms with Gasteiger partial charge in [-0.25, -0.2) is 8.42 Å². The summed E-state index contributed by atoms with van der Waals surface area (Å²) in [5, 5.41) is 3.89. The molecule has 7 nitrogen and oxygen atoms in total. The number of nitrogens with one attached hydrogen (secondary N) is 1. The van der Waals surface area contributed by atoms with E-state index in [1.54, 1.807) is 55.5 Å². The second-order valence-electron chi connectivity index (χ2n) is 9.77. The number of hydrogen-bond acceptors (Lipinski definition) is 4. The first-order valence-electron chi connectivity index (χ1n) is 13.3. The summed E-state index contributed by atoms with van der Waals surface area (Å²) in [4.78, 5) is 28.9. The smallest absolute Gasteiger partial charge is 0.264 e. The molecule has 2 atom stereocenters. The predicted octanol–water partition coefficient (Wildman–Crippen LogP) is 6.87. The van der Waals surface area contributed by atoms with Crippen LogP contribution in [0.5, 0.6) is 0 Å². The van der Waals surface area contributed by atoms with Gasteiger partial charge >= 0.3 is 0 Å². The largest absolute Gasteiger partial charge is 0.352 e. The number of nitrogens with zero attached hydrogens (tertiary/aromatic N) is 2. The van der Waals surface area contributed by atoms with Gasteiger partial charge in [-0.05, 0) is 69.2 Å². The molecule has 1 N–H and O–H groups in total. The van der Waals surface area contributed by atoms with Crippen LogP contribution in [0.4, 0.5) is 5.69 Å². The molecule has 0 aliphatic heterocycles. The molecule has 0 bridgehead atoms. The van der Waals surface area contributed by atoms with E-state index in [0.717, 1.165) is 9.87 Å². The van der Waals surface area contributed by atoms with Crippen LogP contribution in [-0.4, -0.2) is 43.8 Å². The van der Waals surface area contributed by atoms with Crippen LogP contribution >= 0.6 is 34.8 Å². The molecule has 11 heteroatoms. The maximum absolute atomic E-state index is 14.2. The van der Waals surface area contributed by atoms with Crippen molar-refractivity contribution in [2.75, 3.05) is 10.8 Å². The van der Waals surface area contributed by atoms with Crippen LogP contribution in [0.3, 0.4) is 0 Å². The number of aryl methyl sites for hydroxylation is 1. The van der Waals surface area contributed by atoms with Crippen molar-refractivity contribution < 1.29 is 18.0 Å². The molecule has 0 aliphatic carbocycles. The Kier molecular flexibility index (Phi) is 11.5. The van der Waals surface area contributed by atoms with Crippen LogP contribution in [-0.2, 0) is 26.2 Å². The van der Waals surface area contributed by atoms with Crippen molar-refractivity contribution in [3.63, 3.8) is 0 Å². The van der Waals surface area contributed by atoms with Gasteiger partial charge < -0.3 is 10.2 Å². The first-order valence-corrected chi connectivity index (χ1v) is 15.8. The second-order valence-corrected chi connectivity index (χ2v) is 12.9. The standard InChI is InChI=1S/C30H34Cl3N3O4S/c1-5-21(4)34-30(38)28(6-2)35(18-25-26(32)11-8-12-27(25)33)29(37)19-36(23-10-7-9-22(31)17-23)41(39,40)24-15-13-20(3)14-16-24/h7-17,21,28H,5-6,18-19H2,1-4H3,(H,34,38). The van der Waals surface area contributed by atoms with E-state index in [4.69, 9.17) is 34.8 Å². The number of carbonyl (C=O) groups is 2. The Morgan fingerprint density at radius 1 is 0.902 bits per heavy atom. The van der Waals surface area contributed by atoms with Crippen molar-refractivity contribution in [1.29, 1.82) is 0 Å². The van der Waals surface area contributed by atoms with Crippen molar-refractivity contribution in [1.82, 2.24) is 10.2 Å². The molecule has 3 rings (SSSR count). The van der Waals surface area contributed by atoms with Crippen molar-refractivity contribution in [2.45, 2.75) is 64.1 Å². The summed E-state index contributed by atoms with van der Waals surface area (Å²) in [6.07, 6.45) is 0.974. The minimum atomic E-state index is -4.21. The summed E-state index contributed by atoms with van der Waals surface area (Å²) < 4.78 is 28.9. The Bertz CT molecular complexity index is 1460. The fourth-order valence-corrected chi connectivity index (χ4v) is 6.32. The van der Waals surface area contributed by atoms with Crippen LogP contribution in [0.25, 0.3) is 0 Å². The summed E-state index contributed by atoms with van der Waals surface area (Å²) >= 11 is 19.1. The third-order valence-corrected chi connectivity index (χ3v) is 9.49. The van der Waals surface area contributed by atoms with Gasteiger partial charge in [-0.3, -0.25) is 13.9 Å². The van der Waals surface area contributed by atoms with Gasteiger partial charge in [0.05, 0.1) is 10.6 Å². The first kappa shape index (κ1) is 32.7. The fraction of sp³-hybridized carbons (Fsp3) is 0.333. The van der Waals surface area contributed by atoms with Gasteiger partial charge in [0, 0.05) is 33.2 Å². The lowest BCUT2D eigenvalue weighted by atomic mass is 10.1. The van der Waals surface area contributed by atoms with Crippen molar-refractivity contribution in [3.05, 3.63) is 92.9 Å². The molecule has 0 aliphatic rings. The average molecular weight is 639 g/mol. The second kappa shape index (κ2) is 14.4. The number of hydrogen-bond donors (Lipinski definition) is 1. The van der Waals surface area contributed by atoms with E-state index < -0.39 is 28.5 Å². The quantitative estimate of drug-likeness (QED) is 0.235. The van der Waals surface area contributed by atoms with Crippen LogP contribution in [0, 0.1) is 6.92 Å². The number of amides is 2. The number of anilines is 1. The summed E-state index contributed by atoms with van der Waals surface area (Å²) in [6.45, 7) is 6.76. The molecule has 3 aromatic carbocycles. The third kappa shape index (κ3) is 8.16. The first-order chi connectivity index (χ1) is 19.4. The summed E-state index contributed by atoms with van der Waals surface area (Å²) in [5.74, 6) is -0.961. The number of rotatable bonds is 12. The Morgan fingerprint density at radius 3 is 2.07 bits per heavy atom. The van der Waals surface area contributed by atoms with E-state index in [-0.39, 0.29) is 35.5 Å². The zero-order valence-corrected chi connectivity index (χ0v) is 26.5. The minimum Gasteiger partial charge on any atom is -0.352 e. The topological polar surface area (TPSA) is 86.8 Å². The van der Waals surface area contributed by atoms with Crippen LogP contribution in [0.15, 0.2) is 71.6 Å². The van der Waals surface area contributed by atoms with Crippen LogP contribution < -0.4 is 9.62 Å². The monoisotopic (exact) mass is 637 g/mol. The molecular formula is C30H34Cl3N3O4S. The number of sulfonamides is 1. The molecule has 0 saturated carbocycles. The normalized spacial score (nSPS) is 12.9. The Hall–Kier alpha value is -2.78. The molecular weight excluding hydrogens is 605 g/mol. The van der Waals surface area contributed by atoms with E-state index in [1.807, 2.05) is 20.8 Å². The summed E-state index contributed by atoms with van der Waals surface area (Å²) in [6, 6.07) is 16.5. The van der Waals surface area contributed by atoms with Crippen molar-refractivity contribution >= 4 is 62.3 Å². The summed E-state index contributed by atoms with van der Waals surface area (Å²) in [7, 11) is -4.21. The molecule has 0 fully saturated rings. The van der Waals surface area contributed by atoms with Gasteiger partial charge in [0.2, 0.25) is 11.8 Å². The van der Waals surface area contributed by atoms with Gasteiger partial charge in [0.1, 0.15) is 12.6 Å². The van der Waals surface area contributed by atoms with E-state index in [1.165, 1.54) is 23.1 Å². The van der Waals surface area contributed by atoms with Crippen molar-refractivity contribution in [3.8, 4) is 0 Å². The van der Waals surface area contributed by atoms with Gasteiger partial charge in [0.25, 0.3) is 10.0 Å². The zero-order chi connectivity index (χ0) is 30.3. The maximum atomic E-state index is 14.2. The SMILES string of the molecule is CCC(C)NC(=O)C(CC)N(Cc1c(Cl)cccc1Cl)C(=O)CN(c1cccc(Cl)c1)S(=O)(=O)c1ccc(C)cc1. The highest BCUT2D eigenvalue weighted by Crippen LogP contribution is 2.29. The lowest BCUT2D eigenvalue weighted by Gasteiger charge is -2.34. The lowest BCUT2D eigenvalue weighted by molar-refractivity contribution is -0.140. The van der Waals surface area contributed by atoms with Gasteiger partial charge in [-0.1, -0.05) is 78.5 Å². The Labute approximate surface area is 257 Å². The van der Waals surface area contributed by atoms with Crippen LogP contribution in [0.1, 0.15) is 44.7 Å². The van der Waals surface area contributed by atoms with E-state index in [2.05, 4.69) is 5.32 Å². The van der Waals surface area contributed by atoms with Gasteiger partial charge in [-0.2, -0.15) is 0 Å².